The minimum absolute atomic E-state index is 0.0722. The highest BCUT2D eigenvalue weighted by atomic mass is 16.3. The van der Waals surface area contributed by atoms with Crippen LogP contribution in [0.25, 0.3) is 0 Å². The van der Waals surface area contributed by atoms with Crippen LogP contribution in [0, 0.1) is 11.8 Å². The number of rotatable bonds is 18. The van der Waals surface area contributed by atoms with Gasteiger partial charge in [-0.05, 0) is 42.4 Å². The van der Waals surface area contributed by atoms with Gasteiger partial charge in [0.1, 0.15) is 42.0 Å². The Kier molecular flexibility index (Phi) is 22.7. The van der Waals surface area contributed by atoms with Crippen LogP contribution in [0.5, 0.6) is 5.75 Å². The van der Waals surface area contributed by atoms with Crippen LogP contribution in [-0.4, -0.2) is 144 Å². The van der Waals surface area contributed by atoms with Gasteiger partial charge in [-0.1, -0.05) is 52.7 Å². The minimum atomic E-state index is -1.83. The van der Waals surface area contributed by atoms with Crippen LogP contribution in [0.15, 0.2) is 24.3 Å². The molecule has 370 valence electrons. The number of phenolic OH excluding ortho intramolecular Hbond substituents is 1. The number of hydrogen-bond donors (Lipinski definition) is 12. The number of nitrogens with zero attached hydrogens (tertiary/aromatic N) is 1. The summed E-state index contributed by atoms with van der Waals surface area (Å²) in [6.45, 7) is 4.86. The fraction of sp³-hybridized carbons (Fsp3) is 0.571. The maximum atomic E-state index is 14.0. The number of carbonyl (C=O) groups is 12. The van der Waals surface area contributed by atoms with Crippen LogP contribution in [0.3, 0.4) is 0 Å². The number of primary amides is 3. The fourth-order valence-electron chi connectivity index (χ4n) is 6.61. The highest BCUT2D eigenvalue weighted by Gasteiger charge is 2.36. The molecule has 8 atom stereocenters. The Labute approximate surface area is 386 Å². The number of amides is 12. The van der Waals surface area contributed by atoms with E-state index in [0.29, 0.717) is 18.4 Å². The monoisotopic (exact) mass is 944 g/mol. The average Bonchev–Trinajstić information content (AvgIpc) is 3.27. The molecule has 0 aliphatic carbocycles. The molecule has 1 aromatic carbocycles. The normalized spacial score (nSPS) is 21.5. The number of benzene rings is 1. The standard InChI is InChI=1S/C42H64N12O13/c1-6-21(3)35(40(65)47-18-31(45)58)52-34(61)20-54(5)42(67)26-13-15-32(59)46-19-33(60)48-27(16-23-8-10-24(55)11-9-23)39(64)53-36(22(4)7-2)41(66)49-25(12-14-29(43)56)37(62)51-28(17-30(44)57)38(63)50-26/h8-11,21-22,25-28,35-36,55H,6-7,12-20H2,1-5H3,(H2,43,56)(H2,44,57)(H2,45,58)(H,46,59)(H,47,65)(H,48,60)(H,49,66)(H,50,63)(H,51,62)(H,52,61)(H,53,64)/t21-,22-,25-,26-,27-,28-,35-,36-/m0/s1. The second-order valence-electron chi connectivity index (χ2n) is 16.3. The Morgan fingerprint density at radius 1 is 0.761 bits per heavy atom. The second-order valence-corrected chi connectivity index (χ2v) is 16.3. The summed E-state index contributed by atoms with van der Waals surface area (Å²) in [6.07, 6.45) is -2.20. The molecule has 1 aromatic rings. The van der Waals surface area contributed by atoms with E-state index >= 15 is 0 Å². The Morgan fingerprint density at radius 3 is 1.96 bits per heavy atom. The molecular weight excluding hydrogens is 881 g/mol. The van der Waals surface area contributed by atoms with E-state index in [9.17, 15) is 62.6 Å². The number of phenols is 1. The highest BCUT2D eigenvalue weighted by Crippen LogP contribution is 2.15. The zero-order chi connectivity index (χ0) is 50.5. The first-order valence-corrected chi connectivity index (χ1v) is 21.7. The molecule has 0 saturated carbocycles. The summed E-state index contributed by atoms with van der Waals surface area (Å²) in [5.74, 6) is -12.2. The SMILES string of the molecule is CC[C@H](C)[C@H](NC(=O)CN(C)C(=O)[C@@H]1CCC(=O)NCC(=O)N[C@@H](Cc2ccc(O)cc2)C(=O)N[C@@H]([C@@H](C)CC)C(=O)N[C@@H](CCC(N)=O)C(=O)N[C@@H](CC(N)=O)C(=O)N1)C(=O)NCC(N)=O. The second kappa shape index (κ2) is 27.2. The number of aromatic hydroxyl groups is 1. The Bertz CT molecular complexity index is 2000. The zero-order valence-corrected chi connectivity index (χ0v) is 38.2. The third-order valence-electron chi connectivity index (χ3n) is 10.9. The lowest BCUT2D eigenvalue weighted by atomic mass is 9.96. The predicted octanol–water partition coefficient (Wildman–Crippen LogP) is -4.95. The lowest BCUT2D eigenvalue weighted by molar-refractivity contribution is -0.140. The lowest BCUT2D eigenvalue weighted by Crippen LogP contribution is -2.61. The Morgan fingerprint density at radius 2 is 1.37 bits per heavy atom. The topological polar surface area (TPSA) is 403 Å². The smallest absolute Gasteiger partial charge is 0.245 e. The van der Waals surface area contributed by atoms with Crippen LogP contribution in [-0.2, 0) is 64.0 Å². The zero-order valence-electron chi connectivity index (χ0n) is 38.2. The van der Waals surface area contributed by atoms with Gasteiger partial charge in [-0.2, -0.15) is 0 Å². The molecule has 67 heavy (non-hydrogen) atoms. The highest BCUT2D eigenvalue weighted by molar-refractivity contribution is 5.99. The molecule has 0 spiro atoms. The molecule has 2 rings (SSSR count). The van der Waals surface area contributed by atoms with Crippen molar-refractivity contribution in [3.63, 3.8) is 0 Å². The van der Waals surface area contributed by atoms with E-state index in [1.54, 1.807) is 27.7 Å². The number of nitrogens with two attached hydrogens (primary N) is 3. The van der Waals surface area contributed by atoms with E-state index in [-0.39, 0.29) is 12.2 Å². The van der Waals surface area contributed by atoms with Gasteiger partial charge < -0.3 is 69.7 Å². The van der Waals surface area contributed by atoms with Crippen molar-refractivity contribution in [2.75, 3.05) is 26.7 Å². The molecule has 25 nitrogen and oxygen atoms in total. The van der Waals surface area contributed by atoms with Gasteiger partial charge in [-0.3, -0.25) is 57.5 Å². The molecule has 0 radical (unpaired) electrons. The van der Waals surface area contributed by atoms with Crippen molar-refractivity contribution in [3.8, 4) is 5.75 Å². The summed E-state index contributed by atoms with van der Waals surface area (Å²) in [5.41, 5.74) is 16.4. The van der Waals surface area contributed by atoms with Gasteiger partial charge in [0.2, 0.25) is 70.9 Å². The van der Waals surface area contributed by atoms with E-state index in [0.717, 1.165) is 4.90 Å². The average molecular weight is 945 g/mol. The van der Waals surface area contributed by atoms with Gasteiger partial charge in [0.15, 0.2) is 0 Å². The van der Waals surface area contributed by atoms with Crippen LogP contribution in [0.1, 0.15) is 78.2 Å². The van der Waals surface area contributed by atoms with Crippen molar-refractivity contribution in [3.05, 3.63) is 29.8 Å². The quantitative estimate of drug-likeness (QED) is 0.0657. The number of likely N-dealkylation sites (N-methyl/N-ethyl adjacent to an activating group) is 1. The molecule has 25 heteroatoms. The van der Waals surface area contributed by atoms with E-state index < -0.39 is 171 Å². The van der Waals surface area contributed by atoms with Crippen LogP contribution >= 0.6 is 0 Å². The summed E-state index contributed by atoms with van der Waals surface area (Å²) in [6, 6.07) is -3.28. The van der Waals surface area contributed by atoms with Gasteiger partial charge in [-0.25, -0.2) is 0 Å². The van der Waals surface area contributed by atoms with Crippen LogP contribution < -0.4 is 59.7 Å². The molecule has 0 bridgehead atoms. The molecule has 12 amide bonds. The summed E-state index contributed by atoms with van der Waals surface area (Å²) < 4.78 is 0. The van der Waals surface area contributed by atoms with Gasteiger partial charge in [0.25, 0.3) is 0 Å². The van der Waals surface area contributed by atoms with Crippen LogP contribution in [0.2, 0.25) is 0 Å². The first-order valence-electron chi connectivity index (χ1n) is 21.7. The van der Waals surface area contributed by atoms with Crippen molar-refractivity contribution < 1.29 is 62.6 Å². The third-order valence-corrected chi connectivity index (χ3v) is 10.9. The van der Waals surface area contributed by atoms with Crippen molar-refractivity contribution in [1.29, 1.82) is 0 Å². The fourth-order valence-corrected chi connectivity index (χ4v) is 6.61. The van der Waals surface area contributed by atoms with Crippen LogP contribution in [0.4, 0.5) is 0 Å². The van der Waals surface area contributed by atoms with Gasteiger partial charge in [-0.15, -0.1) is 0 Å². The summed E-state index contributed by atoms with van der Waals surface area (Å²) >= 11 is 0. The van der Waals surface area contributed by atoms with Crippen molar-refractivity contribution in [1.82, 2.24) is 47.4 Å². The number of nitrogens with one attached hydrogen (secondary N) is 8. The van der Waals surface area contributed by atoms with E-state index in [1.807, 2.05) is 0 Å². The Balaban J connectivity index is 2.60. The predicted molar refractivity (Wildman–Crippen MR) is 237 cm³/mol. The molecule has 1 fully saturated rings. The maximum absolute atomic E-state index is 14.0. The summed E-state index contributed by atoms with van der Waals surface area (Å²) in [5, 5.41) is 29.3. The minimum Gasteiger partial charge on any atom is -0.508 e. The van der Waals surface area contributed by atoms with E-state index in [1.165, 1.54) is 31.3 Å². The molecule has 0 aromatic heterocycles. The molecule has 1 heterocycles. The van der Waals surface area contributed by atoms with Crippen molar-refractivity contribution >= 4 is 70.9 Å². The molecule has 1 aliphatic rings. The van der Waals surface area contributed by atoms with E-state index in [4.69, 9.17) is 17.2 Å². The molecule has 1 saturated heterocycles. The van der Waals surface area contributed by atoms with Gasteiger partial charge in [0.05, 0.1) is 26.1 Å². The Hall–Kier alpha value is -7.34. The molecule has 0 unspecified atom stereocenters. The first-order chi connectivity index (χ1) is 31.4. The van der Waals surface area contributed by atoms with Crippen molar-refractivity contribution in [2.24, 2.45) is 29.0 Å². The molecular formula is C42H64N12O13. The number of carbonyl (C=O) groups excluding carboxylic acids is 12. The largest absolute Gasteiger partial charge is 0.508 e. The maximum Gasteiger partial charge on any atom is 0.245 e. The van der Waals surface area contributed by atoms with Gasteiger partial charge >= 0.3 is 0 Å². The third kappa shape index (κ3) is 19.3. The van der Waals surface area contributed by atoms with Crippen molar-refractivity contribution in [2.45, 2.75) is 115 Å². The first kappa shape index (κ1) is 55.8. The number of hydrogen-bond acceptors (Lipinski definition) is 13. The van der Waals surface area contributed by atoms with Gasteiger partial charge in [0, 0.05) is 26.3 Å². The van der Waals surface area contributed by atoms with E-state index in [2.05, 4.69) is 42.5 Å². The molecule has 1 aliphatic heterocycles. The lowest BCUT2D eigenvalue weighted by Gasteiger charge is -2.30. The molecule has 15 N–H and O–H groups in total. The summed E-state index contributed by atoms with van der Waals surface area (Å²) in [4.78, 5) is 158. The summed E-state index contributed by atoms with van der Waals surface area (Å²) in [7, 11) is 1.17.